The van der Waals surface area contributed by atoms with E-state index in [-0.39, 0.29) is 13.2 Å². The number of amides is 2. The molecule has 0 heterocycles. The number of imide groups is 1. The summed E-state index contributed by atoms with van der Waals surface area (Å²) >= 11 is 0. The van der Waals surface area contributed by atoms with Gasteiger partial charge in [0.25, 0.3) is 0 Å². The van der Waals surface area contributed by atoms with Crippen molar-refractivity contribution in [2.24, 2.45) is 0 Å². The first kappa shape index (κ1) is 18.0. The Morgan fingerprint density at radius 2 is 1.73 bits per heavy atom. The highest BCUT2D eigenvalue weighted by atomic mass is 16.6. The van der Waals surface area contributed by atoms with Crippen molar-refractivity contribution in [1.29, 1.82) is 0 Å². The minimum absolute atomic E-state index is 0.112. The Morgan fingerprint density at radius 1 is 1.09 bits per heavy atom. The van der Waals surface area contributed by atoms with Crippen molar-refractivity contribution >= 4 is 12.2 Å². The molecule has 0 atom stereocenters. The van der Waals surface area contributed by atoms with Gasteiger partial charge in [-0.15, -0.1) is 0 Å². The summed E-state index contributed by atoms with van der Waals surface area (Å²) in [5.74, 6) is 0. The third-order valence-corrected chi connectivity index (χ3v) is 3.44. The van der Waals surface area contributed by atoms with Crippen LogP contribution in [0, 0.1) is 0 Å². The maximum absolute atomic E-state index is 11.9. The van der Waals surface area contributed by atoms with Gasteiger partial charge in [0, 0.05) is 19.5 Å². The molecule has 0 fully saturated rings. The molecule has 0 unspecified atom stereocenters. The van der Waals surface area contributed by atoms with Crippen LogP contribution in [0.25, 0.3) is 0 Å². The normalized spacial score (nSPS) is 10.5. The predicted octanol–water partition coefficient (Wildman–Crippen LogP) is 2.69. The minimum Gasteiger partial charge on any atom is -0.465 e. The number of likely N-dealkylation sites (N-methyl/N-ethyl adjacent to an activating group) is 1. The summed E-state index contributed by atoms with van der Waals surface area (Å²) in [7, 11) is 0. The fourth-order valence-corrected chi connectivity index (χ4v) is 2.03. The van der Waals surface area contributed by atoms with Crippen molar-refractivity contribution in [1.82, 2.24) is 9.80 Å². The Balaban J connectivity index is 2.42. The molecule has 1 rings (SSSR count). The van der Waals surface area contributed by atoms with Crippen LogP contribution in [0.4, 0.5) is 9.59 Å². The Morgan fingerprint density at radius 3 is 2.27 bits per heavy atom. The first-order valence-electron chi connectivity index (χ1n) is 7.52. The summed E-state index contributed by atoms with van der Waals surface area (Å²) in [6, 6.07) is 9.59. The Labute approximate surface area is 131 Å². The van der Waals surface area contributed by atoms with E-state index in [1.54, 1.807) is 0 Å². The molecule has 0 spiro atoms. The average Bonchev–Trinajstić information content (AvgIpc) is 2.52. The maximum Gasteiger partial charge on any atom is 0.419 e. The van der Waals surface area contributed by atoms with E-state index < -0.39 is 12.2 Å². The first-order chi connectivity index (χ1) is 10.6. The third-order valence-electron chi connectivity index (χ3n) is 3.44. The number of hydrogen-bond acceptors (Lipinski definition) is 4. The van der Waals surface area contributed by atoms with Crippen molar-refractivity contribution in [3.63, 3.8) is 0 Å². The molecule has 122 valence electrons. The van der Waals surface area contributed by atoms with E-state index in [0.29, 0.717) is 13.0 Å². The molecule has 1 aromatic carbocycles. The Kier molecular flexibility index (Phi) is 7.99. The number of rotatable bonds is 8. The van der Waals surface area contributed by atoms with Crippen LogP contribution in [0.15, 0.2) is 30.3 Å². The summed E-state index contributed by atoms with van der Waals surface area (Å²) < 4.78 is 5.06. The van der Waals surface area contributed by atoms with E-state index >= 15 is 0 Å². The average molecular weight is 308 g/mol. The summed E-state index contributed by atoms with van der Waals surface area (Å²) in [5.41, 5.74) is 1.04. The van der Waals surface area contributed by atoms with Crippen LogP contribution < -0.4 is 0 Å². The molecule has 1 aromatic rings. The van der Waals surface area contributed by atoms with E-state index in [1.807, 2.05) is 49.1 Å². The monoisotopic (exact) mass is 308 g/mol. The third kappa shape index (κ3) is 6.13. The van der Waals surface area contributed by atoms with Crippen LogP contribution in [0.3, 0.4) is 0 Å². The second-order valence-corrected chi connectivity index (χ2v) is 4.81. The lowest BCUT2D eigenvalue weighted by atomic mass is 10.2. The molecule has 6 heteroatoms. The number of benzene rings is 1. The molecular weight excluding hydrogens is 284 g/mol. The van der Waals surface area contributed by atoms with E-state index in [2.05, 4.69) is 0 Å². The zero-order valence-electron chi connectivity index (χ0n) is 13.2. The fraction of sp³-hybridized carbons (Fsp3) is 0.500. The van der Waals surface area contributed by atoms with E-state index in [0.717, 1.165) is 23.6 Å². The van der Waals surface area contributed by atoms with Crippen molar-refractivity contribution in [3.05, 3.63) is 35.9 Å². The van der Waals surface area contributed by atoms with Gasteiger partial charge in [-0.1, -0.05) is 44.2 Å². The zero-order chi connectivity index (χ0) is 16.4. The molecule has 0 aliphatic carbocycles. The van der Waals surface area contributed by atoms with Gasteiger partial charge in [0.05, 0.1) is 6.61 Å². The maximum atomic E-state index is 11.9. The van der Waals surface area contributed by atoms with Gasteiger partial charge in [0.2, 0.25) is 0 Å². The van der Waals surface area contributed by atoms with Gasteiger partial charge in [-0.05, 0) is 18.7 Å². The summed E-state index contributed by atoms with van der Waals surface area (Å²) in [6.45, 7) is 6.39. The summed E-state index contributed by atoms with van der Waals surface area (Å²) in [4.78, 5) is 25.8. The first-order valence-corrected chi connectivity index (χ1v) is 7.52. The number of carbonyl (C=O) groups is 2. The zero-order valence-corrected chi connectivity index (χ0v) is 13.2. The quantitative estimate of drug-likeness (QED) is 0.799. The van der Waals surface area contributed by atoms with Crippen LogP contribution >= 0.6 is 0 Å². The van der Waals surface area contributed by atoms with Gasteiger partial charge in [-0.25, -0.2) is 14.5 Å². The highest BCUT2D eigenvalue weighted by Crippen LogP contribution is 2.02. The van der Waals surface area contributed by atoms with Crippen LogP contribution in [0.5, 0.6) is 0 Å². The minimum atomic E-state index is -1.28. The second-order valence-electron chi connectivity index (χ2n) is 4.81. The molecule has 22 heavy (non-hydrogen) atoms. The van der Waals surface area contributed by atoms with Gasteiger partial charge in [0.15, 0.2) is 0 Å². The number of hydrogen-bond donors (Lipinski definition) is 1. The number of nitrogens with zero attached hydrogens (tertiary/aromatic N) is 2. The Bertz CT molecular complexity index is 460. The van der Waals surface area contributed by atoms with Crippen LogP contribution in [-0.4, -0.2) is 59.9 Å². The summed E-state index contributed by atoms with van der Waals surface area (Å²) in [6.07, 6.45) is -1.52. The molecule has 0 aliphatic heterocycles. The highest BCUT2D eigenvalue weighted by Gasteiger charge is 2.22. The van der Waals surface area contributed by atoms with Crippen LogP contribution in [0.2, 0.25) is 0 Å². The fourth-order valence-electron chi connectivity index (χ4n) is 2.03. The van der Waals surface area contributed by atoms with E-state index in [4.69, 9.17) is 9.84 Å². The standard InChI is InChI=1S/C16H24N2O4/c1-3-17(4-2)11-12-18(15(19)20)16(21)22-13-10-14-8-6-5-7-9-14/h5-9H,3-4,10-13H2,1-2H3,(H,19,20). The number of ether oxygens (including phenoxy) is 1. The lowest BCUT2D eigenvalue weighted by molar-refractivity contribution is 0.0911. The topological polar surface area (TPSA) is 70.1 Å². The molecule has 0 bridgehead atoms. The summed E-state index contributed by atoms with van der Waals surface area (Å²) in [5, 5.41) is 9.12. The van der Waals surface area contributed by atoms with E-state index in [9.17, 15) is 9.59 Å². The lowest BCUT2D eigenvalue weighted by Gasteiger charge is -2.22. The second kappa shape index (κ2) is 9.78. The van der Waals surface area contributed by atoms with Gasteiger partial charge in [-0.3, -0.25) is 0 Å². The van der Waals surface area contributed by atoms with Gasteiger partial charge in [-0.2, -0.15) is 0 Å². The molecular formula is C16H24N2O4. The smallest absolute Gasteiger partial charge is 0.419 e. The molecule has 0 saturated carbocycles. The molecule has 0 aliphatic rings. The van der Waals surface area contributed by atoms with Crippen LogP contribution in [0.1, 0.15) is 19.4 Å². The molecule has 1 N–H and O–H groups in total. The molecule has 6 nitrogen and oxygen atoms in total. The van der Waals surface area contributed by atoms with Gasteiger partial charge in [0.1, 0.15) is 0 Å². The SMILES string of the molecule is CCN(CC)CCN(C(=O)O)C(=O)OCCc1ccccc1. The van der Waals surface area contributed by atoms with Crippen molar-refractivity contribution < 1.29 is 19.4 Å². The predicted molar refractivity (Wildman–Crippen MR) is 84.0 cm³/mol. The molecule has 0 saturated heterocycles. The molecule has 0 radical (unpaired) electrons. The van der Waals surface area contributed by atoms with Crippen molar-refractivity contribution in [3.8, 4) is 0 Å². The van der Waals surface area contributed by atoms with Gasteiger partial charge >= 0.3 is 12.2 Å². The lowest BCUT2D eigenvalue weighted by Crippen LogP contribution is -2.42. The van der Waals surface area contributed by atoms with Gasteiger partial charge < -0.3 is 14.7 Å². The molecule has 2 amide bonds. The van der Waals surface area contributed by atoms with Crippen LogP contribution in [-0.2, 0) is 11.2 Å². The molecule has 0 aromatic heterocycles. The number of carbonyl (C=O) groups excluding carboxylic acids is 1. The van der Waals surface area contributed by atoms with Crippen molar-refractivity contribution in [2.45, 2.75) is 20.3 Å². The largest absolute Gasteiger partial charge is 0.465 e. The Hall–Kier alpha value is -2.08. The van der Waals surface area contributed by atoms with E-state index in [1.165, 1.54) is 0 Å². The van der Waals surface area contributed by atoms with Crippen molar-refractivity contribution in [2.75, 3.05) is 32.8 Å². The number of carboxylic acid groups (broad SMARTS) is 1. The highest BCUT2D eigenvalue weighted by molar-refractivity contribution is 5.86.